The number of carbonyl (C=O) groups is 2. The first kappa shape index (κ1) is 10.6. The van der Waals surface area contributed by atoms with Gasteiger partial charge in [-0.05, 0) is 12.5 Å². The molecule has 0 saturated heterocycles. The quantitative estimate of drug-likeness (QED) is 0.818. The van der Waals surface area contributed by atoms with Gasteiger partial charge in [0.2, 0.25) is 0 Å². The number of pyridine rings is 1. The zero-order valence-electron chi connectivity index (χ0n) is 8.72. The summed E-state index contributed by atoms with van der Waals surface area (Å²) in [6.07, 6.45) is 2.17. The lowest BCUT2D eigenvalue weighted by atomic mass is 10.2. The molecule has 1 amide bonds. The minimum Gasteiger partial charge on any atom is -0.481 e. The summed E-state index contributed by atoms with van der Waals surface area (Å²) < 4.78 is 0. The van der Waals surface area contributed by atoms with Crippen LogP contribution in [-0.2, 0) is 11.3 Å². The van der Waals surface area contributed by atoms with Crippen molar-refractivity contribution >= 4 is 11.9 Å². The first-order valence-electron chi connectivity index (χ1n) is 5.13. The molecule has 0 bridgehead atoms. The van der Waals surface area contributed by atoms with Crippen LogP contribution >= 0.6 is 0 Å². The molecule has 1 aromatic rings. The Morgan fingerprint density at radius 3 is 3.06 bits per heavy atom. The molecule has 0 unspecified atom stereocenters. The van der Waals surface area contributed by atoms with E-state index in [-0.39, 0.29) is 12.3 Å². The van der Waals surface area contributed by atoms with E-state index in [0.29, 0.717) is 25.2 Å². The fourth-order valence-electron chi connectivity index (χ4n) is 1.79. The number of hydrogen-bond donors (Lipinski definition) is 1. The molecule has 0 aliphatic carbocycles. The molecule has 0 saturated carbocycles. The summed E-state index contributed by atoms with van der Waals surface area (Å²) in [5.41, 5.74) is 1.42. The van der Waals surface area contributed by atoms with E-state index < -0.39 is 5.97 Å². The third kappa shape index (κ3) is 2.03. The second-order valence-electron chi connectivity index (χ2n) is 3.74. The summed E-state index contributed by atoms with van der Waals surface area (Å²) >= 11 is 0. The van der Waals surface area contributed by atoms with Crippen molar-refractivity contribution in [3.05, 3.63) is 29.6 Å². The van der Waals surface area contributed by atoms with Crippen LogP contribution in [0.25, 0.3) is 0 Å². The summed E-state index contributed by atoms with van der Waals surface area (Å²) in [6, 6.07) is 3.67. The molecule has 0 spiro atoms. The molecule has 0 radical (unpaired) electrons. The number of hydrogen-bond acceptors (Lipinski definition) is 3. The van der Waals surface area contributed by atoms with Crippen molar-refractivity contribution in [3.8, 4) is 0 Å². The van der Waals surface area contributed by atoms with Crippen LogP contribution in [0.2, 0.25) is 0 Å². The lowest BCUT2D eigenvalue weighted by molar-refractivity contribution is -0.137. The van der Waals surface area contributed by atoms with Gasteiger partial charge in [0.05, 0.1) is 0 Å². The Balaban J connectivity index is 1.97. The van der Waals surface area contributed by atoms with E-state index in [1.807, 2.05) is 6.07 Å². The van der Waals surface area contributed by atoms with E-state index >= 15 is 0 Å². The molecule has 1 N–H and O–H groups in total. The number of carboxylic acids is 1. The molecule has 0 atom stereocenters. The Bertz CT molecular complexity index is 431. The van der Waals surface area contributed by atoms with Gasteiger partial charge in [0.25, 0.3) is 5.91 Å². The first-order chi connectivity index (χ1) is 7.68. The van der Waals surface area contributed by atoms with Gasteiger partial charge in [0.15, 0.2) is 0 Å². The van der Waals surface area contributed by atoms with Gasteiger partial charge in [-0.3, -0.25) is 14.6 Å². The molecule has 5 heteroatoms. The highest BCUT2D eigenvalue weighted by molar-refractivity contribution is 5.96. The number of fused-ring (bicyclic) bond motifs is 1. The van der Waals surface area contributed by atoms with E-state index in [0.717, 1.165) is 5.56 Å². The average Bonchev–Trinajstić information content (AvgIpc) is 2.56. The smallest absolute Gasteiger partial charge is 0.303 e. The molecule has 5 nitrogen and oxygen atoms in total. The van der Waals surface area contributed by atoms with Crippen LogP contribution < -0.4 is 0 Å². The number of rotatable bonds is 4. The molecular formula is C11H12N2O3. The Morgan fingerprint density at radius 1 is 1.56 bits per heavy atom. The Labute approximate surface area is 92.7 Å². The molecule has 0 fully saturated rings. The highest BCUT2D eigenvalue weighted by Crippen LogP contribution is 2.20. The predicted octanol–water partition coefficient (Wildman–Crippen LogP) is 0.902. The normalized spacial score (nSPS) is 14.0. The highest BCUT2D eigenvalue weighted by Gasteiger charge is 2.27. The number of carbonyl (C=O) groups excluding carboxylic acids is 1. The summed E-state index contributed by atoms with van der Waals surface area (Å²) in [5, 5.41) is 8.51. The fraction of sp³-hybridized carbons (Fsp3) is 0.364. The number of aliphatic carboxylic acids is 1. The van der Waals surface area contributed by atoms with E-state index in [4.69, 9.17) is 5.11 Å². The maximum atomic E-state index is 11.8. The van der Waals surface area contributed by atoms with E-state index in [1.54, 1.807) is 17.2 Å². The Hall–Kier alpha value is -1.91. The summed E-state index contributed by atoms with van der Waals surface area (Å²) in [6.45, 7) is 1.02. The number of aromatic nitrogens is 1. The maximum Gasteiger partial charge on any atom is 0.303 e. The molecule has 1 aromatic heterocycles. The lowest BCUT2D eigenvalue weighted by Gasteiger charge is -2.13. The van der Waals surface area contributed by atoms with Crippen molar-refractivity contribution in [2.45, 2.75) is 19.4 Å². The molecule has 84 valence electrons. The number of nitrogens with zero attached hydrogens (tertiary/aromatic N) is 2. The number of carboxylic acid groups (broad SMARTS) is 1. The van der Waals surface area contributed by atoms with Crippen molar-refractivity contribution in [2.24, 2.45) is 0 Å². The van der Waals surface area contributed by atoms with Crippen molar-refractivity contribution < 1.29 is 14.7 Å². The van der Waals surface area contributed by atoms with Crippen LogP contribution in [0.4, 0.5) is 0 Å². The third-order valence-electron chi connectivity index (χ3n) is 2.56. The van der Waals surface area contributed by atoms with Crippen molar-refractivity contribution in [3.63, 3.8) is 0 Å². The summed E-state index contributed by atoms with van der Waals surface area (Å²) in [4.78, 5) is 27.8. The zero-order chi connectivity index (χ0) is 11.5. The molecular weight excluding hydrogens is 208 g/mol. The van der Waals surface area contributed by atoms with Crippen LogP contribution in [0.1, 0.15) is 28.9 Å². The van der Waals surface area contributed by atoms with Crippen LogP contribution in [0.3, 0.4) is 0 Å². The molecule has 1 aliphatic rings. The first-order valence-corrected chi connectivity index (χ1v) is 5.13. The zero-order valence-corrected chi connectivity index (χ0v) is 8.72. The Morgan fingerprint density at radius 2 is 2.38 bits per heavy atom. The third-order valence-corrected chi connectivity index (χ3v) is 2.56. The van der Waals surface area contributed by atoms with Gasteiger partial charge >= 0.3 is 5.97 Å². The highest BCUT2D eigenvalue weighted by atomic mass is 16.4. The van der Waals surface area contributed by atoms with Gasteiger partial charge in [-0.2, -0.15) is 0 Å². The standard InChI is InChI=1S/C11H12N2O3/c14-9(15)4-2-6-13-7-8-3-1-5-12-10(8)11(13)16/h1,3,5H,2,4,6-7H2,(H,14,15). The predicted molar refractivity (Wildman–Crippen MR) is 55.8 cm³/mol. The second kappa shape index (κ2) is 4.30. The molecule has 2 heterocycles. The minimum absolute atomic E-state index is 0.0908. The number of amides is 1. The van der Waals surface area contributed by atoms with Gasteiger partial charge in [0, 0.05) is 31.3 Å². The van der Waals surface area contributed by atoms with E-state index in [1.165, 1.54) is 0 Å². The molecule has 1 aliphatic heterocycles. The van der Waals surface area contributed by atoms with E-state index in [2.05, 4.69) is 4.98 Å². The summed E-state index contributed by atoms with van der Waals surface area (Å²) in [7, 11) is 0. The van der Waals surface area contributed by atoms with Gasteiger partial charge in [-0.25, -0.2) is 0 Å². The molecule has 16 heavy (non-hydrogen) atoms. The SMILES string of the molecule is O=C(O)CCCN1Cc2cccnc2C1=O. The van der Waals surface area contributed by atoms with Crippen LogP contribution in [0.15, 0.2) is 18.3 Å². The van der Waals surface area contributed by atoms with Gasteiger partial charge < -0.3 is 10.0 Å². The largest absolute Gasteiger partial charge is 0.481 e. The van der Waals surface area contributed by atoms with E-state index in [9.17, 15) is 9.59 Å². The van der Waals surface area contributed by atoms with Crippen LogP contribution in [-0.4, -0.2) is 33.4 Å². The topological polar surface area (TPSA) is 70.5 Å². The average molecular weight is 220 g/mol. The fourth-order valence-corrected chi connectivity index (χ4v) is 1.79. The van der Waals surface area contributed by atoms with Gasteiger partial charge in [-0.15, -0.1) is 0 Å². The second-order valence-corrected chi connectivity index (χ2v) is 3.74. The van der Waals surface area contributed by atoms with Crippen molar-refractivity contribution in [1.82, 2.24) is 9.88 Å². The van der Waals surface area contributed by atoms with Crippen molar-refractivity contribution in [1.29, 1.82) is 0 Å². The van der Waals surface area contributed by atoms with Gasteiger partial charge in [0.1, 0.15) is 5.69 Å². The monoisotopic (exact) mass is 220 g/mol. The minimum atomic E-state index is -0.831. The lowest BCUT2D eigenvalue weighted by Crippen LogP contribution is -2.25. The Kier molecular flexibility index (Phi) is 2.85. The molecule has 2 rings (SSSR count). The summed E-state index contributed by atoms with van der Waals surface area (Å²) in [5.74, 6) is -0.928. The van der Waals surface area contributed by atoms with Gasteiger partial charge in [-0.1, -0.05) is 6.07 Å². The van der Waals surface area contributed by atoms with Crippen LogP contribution in [0.5, 0.6) is 0 Å². The maximum absolute atomic E-state index is 11.8. The van der Waals surface area contributed by atoms with Crippen molar-refractivity contribution in [2.75, 3.05) is 6.54 Å². The van der Waals surface area contributed by atoms with Crippen LogP contribution in [0, 0.1) is 0 Å². The molecule has 0 aromatic carbocycles.